The van der Waals surface area contributed by atoms with Crippen molar-refractivity contribution in [3.63, 3.8) is 0 Å². The molecule has 4 rings (SSSR count). The number of oxime groups is 1. The van der Waals surface area contributed by atoms with E-state index in [4.69, 9.17) is 4.84 Å². The van der Waals surface area contributed by atoms with Gasteiger partial charge in [-0.1, -0.05) is 83.5 Å². The molecule has 0 spiro atoms. The third-order valence-electron chi connectivity index (χ3n) is 7.39. The van der Waals surface area contributed by atoms with Gasteiger partial charge >= 0.3 is 5.97 Å². The number of H-pyrrole nitrogens is 1. The number of alkyl halides is 1. The number of carboxylic acid groups (broad SMARTS) is 1. The average molecular weight is 640 g/mol. The van der Waals surface area contributed by atoms with E-state index < -0.39 is 41.8 Å². The SMILES string of the molecule is CC(C)[C@H](NC(=O)CCc1c[nH]c2ccccc12)C1=NOC(Cc2ccccc2)(C(=O)N[C@@H](CC(=O)O)C(=O)CBr)C1. The smallest absolute Gasteiger partial charge is 0.305 e. The summed E-state index contributed by atoms with van der Waals surface area (Å²) in [4.78, 5) is 59.7. The normalized spacial score (nSPS) is 17.8. The number of halogens is 1. The van der Waals surface area contributed by atoms with Crippen LogP contribution in [0.1, 0.15) is 44.2 Å². The van der Waals surface area contributed by atoms with E-state index in [2.05, 4.69) is 36.7 Å². The van der Waals surface area contributed by atoms with Crippen molar-refractivity contribution in [3.8, 4) is 0 Å². The van der Waals surface area contributed by atoms with Gasteiger partial charge in [0.05, 0.1) is 29.5 Å². The molecule has 2 amide bonds. The number of amides is 2. The van der Waals surface area contributed by atoms with E-state index in [1.165, 1.54) is 0 Å². The number of ketones is 1. The van der Waals surface area contributed by atoms with Crippen LogP contribution < -0.4 is 10.6 Å². The monoisotopic (exact) mass is 638 g/mol. The Bertz CT molecular complexity index is 1470. The molecule has 0 radical (unpaired) electrons. The fourth-order valence-corrected chi connectivity index (χ4v) is 5.55. The van der Waals surface area contributed by atoms with E-state index in [9.17, 15) is 24.3 Å². The van der Waals surface area contributed by atoms with Crippen LogP contribution in [0.5, 0.6) is 0 Å². The molecule has 2 heterocycles. The van der Waals surface area contributed by atoms with E-state index in [1.54, 1.807) is 0 Å². The summed E-state index contributed by atoms with van der Waals surface area (Å²) in [5, 5.41) is 20.2. The first-order valence-electron chi connectivity index (χ1n) is 13.9. The number of carboxylic acids is 1. The number of nitrogens with zero attached hydrogens (tertiary/aromatic N) is 1. The lowest BCUT2D eigenvalue weighted by molar-refractivity contribution is -0.147. The van der Waals surface area contributed by atoms with Gasteiger partial charge < -0.3 is 25.6 Å². The fraction of sp³-hybridized carbons (Fsp3) is 0.387. The lowest BCUT2D eigenvalue weighted by Gasteiger charge is -2.29. The Morgan fingerprint density at radius 2 is 1.79 bits per heavy atom. The van der Waals surface area contributed by atoms with E-state index in [-0.39, 0.29) is 36.4 Å². The van der Waals surface area contributed by atoms with Crippen molar-refractivity contribution in [2.24, 2.45) is 11.1 Å². The summed E-state index contributed by atoms with van der Waals surface area (Å²) in [5.41, 5.74) is 1.84. The number of aromatic nitrogens is 1. The second kappa shape index (κ2) is 13.8. The van der Waals surface area contributed by atoms with Gasteiger partial charge in [-0.05, 0) is 29.5 Å². The second-order valence-electron chi connectivity index (χ2n) is 10.9. The molecule has 3 atom stereocenters. The van der Waals surface area contributed by atoms with Crippen molar-refractivity contribution in [1.82, 2.24) is 15.6 Å². The summed E-state index contributed by atoms with van der Waals surface area (Å²) in [6.45, 7) is 3.89. The predicted molar refractivity (Wildman–Crippen MR) is 162 cm³/mol. The highest BCUT2D eigenvalue weighted by atomic mass is 79.9. The molecule has 1 aliphatic heterocycles. The Balaban J connectivity index is 1.50. The van der Waals surface area contributed by atoms with Gasteiger partial charge in [0.2, 0.25) is 11.5 Å². The molecule has 2 aromatic carbocycles. The zero-order valence-electron chi connectivity index (χ0n) is 23.6. The number of hydrogen-bond acceptors (Lipinski definition) is 6. The van der Waals surface area contributed by atoms with Gasteiger partial charge in [-0.15, -0.1) is 0 Å². The molecular formula is C31H35BrN4O6. The molecule has 0 bridgehead atoms. The van der Waals surface area contributed by atoms with E-state index in [1.807, 2.05) is 74.6 Å². The number of Topliss-reactive ketones (excluding diaryl/α,β-unsaturated/α-hetero) is 1. The highest BCUT2D eigenvalue weighted by Crippen LogP contribution is 2.31. The Hall–Kier alpha value is -3.99. The summed E-state index contributed by atoms with van der Waals surface area (Å²) in [6.07, 6.45) is 2.36. The quantitative estimate of drug-likeness (QED) is 0.197. The average Bonchev–Trinajstić information content (AvgIpc) is 3.59. The Morgan fingerprint density at radius 3 is 2.48 bits per heavy atom. The van der Waals surface area contributed by atoms with Gasteiger partial charge in [0.1, 0.15) is 0 Å². The number of aromatic amines is 1. The van der Waals surface area contributed by atoms with Crippen LogP contribution in [0, 0.1) is 5.92 Å². The third kappa shape index (κ3) is 7.44. The van der Waals surface area contributed by atoms with Crippen LogP contribution in [0.3, 0.4) is 0 Å². The highest BCUT2D eigenvalue weighted by Gasteiger charge is 2.49. The number of fused-ring (bicyclic) bond motifs is 1. The highest BCUT2D eigenvalue weighted by molar-refractivity contribution is 9.09. The van der Waals surface area contributed by atoms with E-state index in [0.29, 0.717) is 12.1 Å². The maximum atomic E-state index is 13.7. The van der Waals surface area contributed by atoms with Crippen LogP contribution in [0.15, 0.2) is 65.9 Å². The first-order chi connectivity index (χ1) is 20.1. The van der Waals surface area contributed by atoms with Crippen LogP contribution in [0.2, 0.25) is 0 Å². The van der Waals surface area contributed by atoms with Crippen LogP contribution in [-0.2, 0) is 36.9 Å². The number of para-hydroxylation sites is 1. The van der Waals surface area contributed by atoms with Crippen molar-refractivity contribution in [1.29, 1.82) is 0 Å². The maximum absolute atomic E-state index is 13.7. The standard InChI is InChI=1S/C31H35BrN4O6/c1-19(2)29(35-27(38)13-12-21-18-33-23-11-7-6-10-22(21)23)25-16-31(42-36-25,15-20-8-4-3-5-9-20)30(41)34-24(14-28(39)40)26(37)17-32/h3-11,18-19,24,29,33H,12-17H2,1-2H3,(H,34,41)(H,35,38)(H,39,40)/t24-,29-,31?/m0/s1. The fourth-order valence-electron chi connectivity index (χ4n) is 5.16. The summed E-state index contributed by atoms with van der Waals surface area (Å²) in [6, 6.07) is 15.4. The molecule has 1 unspecified atom stereocenters. The number of carbonyl (C=O) groups excluding carboxylic acids is 3. The minimum absolute atomic E-state index is 0.0571. The first-order valence-corrected chi connectivity index (χ1v) is 15.0. The van der Waals surface area contributed by atoms with Crippen LogP contribution in [0.4, 0.5) is 0 Å². The largest absolute Gasteiger partial charge is 0.481 e. The Labute approximate surface area is 252 Å². The van der Waals surface area contributed by atoms with E-state index in [0.717, 1.165) is 22.0 Å². The maximum Gasteiger partial charge on any atom is 0.305 e. The van der Waals surface area contributed by atoms with Gasteiger partial charge in [0.25, 0.3) is 5.91 Å². The van der Waals surface area contributed by atoms with E-state index >= 15 is 0 Å². The lowest BCUT2D eigenvalue weighted by atomic mass is 9.84. The minimum Gasteiger partial charge on any atom is -0.481 e. The molecule has 0 fully saturated rings. The molecule has 42 heavy (non-hydrogen) atoms. The molecule has 3 aromatic rings. The van der Waals surface area contributed by atoms with Gasteiger partial charge in [-0.2, -0.15) is 0 Å². The Morgan fingerprint density at radius 1 is 1.07 bits per heavy atom. The van der Waals surface area contributed by atoms with Gasteiger partial charge in [0, 0.05) is 36.4 Å². The molecule has 0 saturated carbocycles. The van der Waals surface area contributed by atoms with Crippen molar-refractivity contribution in [2.75, 3.05) is 5.33 Å². The van der Waals surface area contributed by atoms with Crippen LogP contribution >= 0.6 is 15.9 Å². The number of carbonyl (C=O) groups is 4. The molecular weight excluding hydrogens is 604 g/mol. The van der Waals surface area contributed by atoms with Crippen LogP contribution in [0.25, 0.3) is 10.9 Å². The summed E-state index contributed by atoms with van der Waals surface area (Å²) < 4.78 is 0. The predicted octanol–water partition coefficient (Wildman–Crippen LogP) is 3.92. The number of rotatable bonds is 14. The first kappa shape index (κ1) is 31.0. The molecule has 0 aliphatic carbocycles. The molecule has 222 valence electrons. The topological polar surface area (TPSA) is 150 Å². The van der Waals surface area contributed by atoms with Crippen molar-refractivity contribution >= 4 is 56.1 Å². The third-order valence-corrected chi connectivity index (χ3v) is 7.95. The minimum atomic E-state index is -1.53. The van der Waals surface area contributed by atoms with Crippen LogP contribution in [-0.4, -0.2) is 62.4 Å². The number of aliphatic carboxylic acids is 1. The number of hydrogen-bond donors (Lipinski definition) is 4. The summed E-state index contributed by atoms with van der Waals surface area (Å²) in [7, 11) is 0. The Kier molecular flexibility index (Phi) is 10.2. The summed E-state index contributed by atoms with van der Waals surface area (Å²) >= 11 is 3.06. The van der Waals surface area contributed by atoms with Crippen molar-refractivity contribution in [3.05, 3.63) is 71.9 Å². The van der Waals surface area contributed by atoms with Gasteiger partial charge in [-0.3, -0.25) is 19.2 Å². The zero-order chi connectivity index (χ0) is 30.3. The molecule has 0 saturated heterocycles. The number of nitrogens with one attached hydrogen (secondary N) is 3. The second-order valence-corrected chi connectivity index (χ2v) is 11.4. The molecule has 10 nitrogen and oxygen atoms in total. The molecule has 4 N–H and O–H groups in total. The summed E-state index contributed by atoms with van der Waals surface area (Å²) in [5.74, 6) is -2.54. The zero-order valence-corrected chi connectivity index (χ0v) is 25.1. The number of benzene rings is 2. The lowest BCUT2D eigenvalue weighted by Crippen LogP contribution is -2.55. The molecule has 11 heteroatoms. The number of aryl methyl sites for hydroxylation is 1. The van der Waals surface area contributed by atoms with Crippen molar-refractivity contribution in [2.45, 2.75) is 63.6 Å². The van der Waals surface area contributed by atoms with Gasteiger partial charge in [0.15, 0.2) is 5.78 Å². The van der Waals surface area contributed by atoms with Crippen molar-refractivity contribution < 1.29 is 29.1 Å². The molecule has 1 aliphatic rings. The molecule has 1 aromatic heterocycles. The van der Waals surface area contributed by atoms with Gasteiger partial charge in [-0.25, -0.2) is 0 Å².